The Kier molecular flexibility index (Phi) is 3.62. The van der Waals surface area contributed by atoms with Gasteiger partial charge in [0.2, 0.25) is 0 Å². The van der Waals surface area contributed by atoms with Crippen LogP contribution < -0.4 is 5.43 Å². The van der Waals surface area contributed by atoms with E-state index in [4.69, 9.17) is 0 Å². The van der Waals surface area contributed by atoms with Gasteiger partial charge in [0, 0.05) is 0 Å². The maximum Gasteiger partial charge on any atom is 0.281 e. The van der Waals surface area contributed by atoms with E-state index in [2.05, 4.69) is 10.5 Å². The average molecular weight is 248 g/mol. The SMILES string of the molecule is O=C(N/N=C/c1ccc(F)cc1)c1cccs1. The van der Waals surface area contributed by atoms with E-state index in [0.717, 1.165) is 5.56 Å². The van der Waals surface area contributed by atoms with Crippen molar-refractivity contribution in [1.82, 2.24) is 5.43 Å². The van der Waals surface area contributed by atoms with Gasteiger partial charge < -0.3 is 0 Å². The van der Waals surface area contributed by atoms with Gasteiger partial charge in [-0.25, -0.2) is 9.82 Å². The fourth-order valence-electron chi connectivity index (χ4n) is 1.18. The van der Waals surface area contributed by atoms with E-state index in [1.54, 1.807) is 24.3 Å². The molecule has 0 aliphatic heterocycles. The Labute approximate surface area is 102 Å². The molecule has 3 nitrogen and oxygen atoms in total. The summed E-state index contributed by atoms with van der Waals surface area (Å²) in [5.41, 5.74) is 3.12. The van der Waals surface area contributed by atoms with Crippen LogP contribution in [0.25, 0.3) is 0 Å². The van der Waals surface area contributed by atoms with E-state index in [-0.39, 0.29) is 11.7 Å². The van der Waals surface area contributed by atoms with E-state index in [1.807, 2.05) is 5.38 Å². The first-order valence-electron chi connectivity index (χ1n) is 4.88. The first-order chi connectivity index (χ1) is 8.25. The molecule has 1 N–H and O–H groups in total. The number of carbonyl (C=O) groups is 1. The minimum atomic E-state index is -0.301. The third kappa shape index (κ3) is 3.22. The molecule has 0 fully saturated rings. The first-order valence-corrected chi connectivity index (χ1v) is 5.76. The Bertz CT molecular complexity index is 520. The second-order valence-electron chi connectivity index (χ2n) is 3.23. The lowest BCUT2D eigenvalue weighted by atomic mass is 10.2. The van der Waals surface area contributed by atoms with Gasteiger partial charge in [-0.1, -0.05) is 18.2 Å². The van der Waals surface area contributed by atoms with Crippen molar-refractivity contribution in [2.24, 2.45) is 5.10 Å². The van der Waals surface area contributed by atoms with Crippen LogP contribution in [0.15, 0.2) is 46.9 Å². The molecule has 0 aliphatic carbocycles. The molecule has 1 amide bonds. The molecule has 0 saturated heterocycles. The summed E-state index contributed by atoms with van der Waals surface area (Å²) in [6.07, 6.45) is 1.46. The number of carbonyl (C=O) groups excluding carboxylic acids is 1. The summed E-state index contributed by atoms with van der Waals surface area (Å²) in [5.74, 6) is -0.553. The number of thiophene rings is 1. The predicted molar refractivity (Wildman–Crippen MR) is 65.8 cm³/mol. The van der Waals surface area contributed by atoms with Crippen molar-refractivity contribution in [3.05, 3.63) is 58.0 Å². The third-order valence-corrected chi connectivity index (χ3v) is 2.86. The number of nitrogens with one attached hydrogen (secondary N) is 1. The van der Waals surface area contributed by atoms with E-state index in [9.17, 15) is 9.18 Å². The summed E-state index contributed by atoms with van der Waals surface area (Å²) in [5, 5.41) is 5.60. The van der Waals surface area contributed by atoms with Crippen molar-refractivity contribution >= 4 is 23.5 Å². The summed E-state index contributed by atoms with van der Waals surface area (Å²) in [4.78, 5) is 12.1. The highest BCUT2D eigenvalue weighted by molar-refractivity contribution is 7.12. The molecule has 1 aromatic carbocycles. The molecule has 5 heteroatoms. The molecule has 0 bridgehead atoms. The monoisotopic (exact) mass is 248 g/mol. The van der Waals surface area contributed by atoms with Crippen LogP contribution in [0, 0.1) is 5.82 Å². The van der Waals surface area contributed by atoms with Gasteiger partial charge in [0.25, 0.3) is 5.91 Å². The molecule has 0 radical (unpaired) electrons. The number of hydrogen-bond donors (Lipinski definition) is 1. The molecule has 86 valence electrons. The van der Waals surface area contributed by atoms with Crippen LogP contribution >= 0.6 is 11.3 Å². The fourth-order valence-corrected chi connectivity index (χ4v) is 1.79. The molecule has 0 saturated carbocycles. The van der Waals surface area contributed by atoms with Crippen molar-refractivity contribution < 1.29 is 9.18 Å². The van der Waals surface area contributed by atoms with Crippen LogP contribution in [0.1, 0.15) is 15.2 Å². The molecule has 1 heterocycles. The lowest BCUT2D eigenvalue weighted by molar-refractivity contribution is 0.0959. The summed E-state index contributed by atoms with van der Waals surface area (Å²) in [6.45, 7) is 0. The maximum absolute atomic E-state index is 12.6. The van der Waals surface area contributed by atoms with E-state index in [0.29, 0.717) is 4.88 Å². The minimum absolute atomic E-state index is 0.252. The summed E-state index contributed by atoms with van der Waals surface area (Å²) < 4.78 is 12.6. The van der Waals surface area contributed by atoms with Gasteiger partial charge in [-0.05, 0) is 29.1 Å². The van der Waals surface area contributed by atoms with Gasteiger partial charge in [0.05, 0.1) is 11.1 Å². The van der Waals surface area contributed by atoms with Crippen LogP contribution in [0.2, 0.25) is 0 Å². The Balaban J connectivity index is 1.94. The number of benzene rings is 1. The number of rotatable bonds is 3. The van der Waals surface area contributed by atoms with Crippen LogP contribution in [-0.2, 0) is 0 Å². The lowest BCUT2D eigenvalue weighted by Gasteiger charge is -1.95. The number of hydrogen-bond acceptors (Lipinski definition) is 3. The smallest absolute Gasteiger partial charge is 0.266 e. The zero-order valence-corrected chi connectivity index (χ0v) is 9.58. The minimum Gasteiger partial charge on any atom is -0.266 e. The predicted octanol–water partition coefficient (Wildman–Crippen LogP) is 2.65. The van der Waals surface area contributed by atoms with Gasteiger partial charge >= 0.3 is 0 Å². The molecular formula is C12H9FN2OS. The van der Waals surface area contributed by atoms with Crippen LogP contribution in [0.3, 0.4) is 0 Å². The van der Waals surface area contributed by atoms with E-state index in [1.165, 1.54) is 29.7 Å². The average Bonchev–Trinajstić information content (AvgIpc) is 2.85. The zero-order valence-electron chi connectivity index (χ0n) is 8.76. The summed E-state index contributed by atoms with van der Waals surface area (Å²) in [7, 11) is 0. The van der Waals surface area contributed by atoms with Gasteiger partial charge in [0.1, 0.15) is 5.82 Å². The second kappa shape index (κ2) is 5.36. The highest BCUT2D eigenvalue weighted by atomic mass is 32.1. The highest BCUT2D eigenvalue weighted by Gasteiger charge is 2.03. The van der Waals surface area contributed by atoms with Gasteiger partial charge in [0.15, 0.2) is 0 Å². The number of nitrogens with zero attached hydrogens (tertiary/aromatic N) is 1. The van der Waals surface area contributed by atoms with Gasteiger partial charge in [-0.3, -0.25) is 4.79 Å². The van der Waals surface area contributed by atoms with Crippen LogP contribution in [-0.4, -0.2) is 12.1 Å². The molecule has 0 aliphatic rings. The maximum atomic E-state index is 12.6. The first kappa shape index (κ1) is 11.5. The molecule has 0 atom stereocenters. The molecule has 0 spiro atoms. The standard InChI is InChI=1S/C12H9FN2OS/c13-10-5-3-9(4-6-10)8-14-15-12(16)11-2-1-7-17-11/h1-8H,(H,15,16)/b14-8+. The van der Waals surface area contributed by atoms with Gasteiger partial charge in [-0.15, -0.1) is 11.3 Å². The van der Waals surface area contributed by atoms with E-state index < -0.39 is 0 Å². The van der Waals surface area contributed by atoms with Crippen molar-refractivity contribution in [2.45, 2.75) is 0 Å². The number of amides is 1. The molecule has 1 aromatic heterocycles. The van der Waals surface area contributed by atoms with E-state index >= 15 is 0 Å². The van der Waals surface area contributed by atoms with Crippen molar-refractivity contribution in [2.75, 3.05) is 0 Å². The van der Waals surface area contributed by atoms with Crippen LogP contribution in [0.4, 0.5) is 4.39 Å². The summed E-state index contributed by atoms with van der Waals surface area (Å²) in [6, 6.07) is 9.34. The molecule has 2 rings (SSSR count). The molecule has 0 unspecified atom stereocenters. The third-order valence-electron chi connectivity index (χ3n) is 1.99. The number of hydrazone groups is 1. The quantitative estimate of drug-likeness (QED) is 0.658. The normalized spacial score (nSPS) is 10.6. The molecule has 17 heavy (non-hydrogen) atoms. The van der Waals surface area contributed by atoms with Crippen LogP contribution in [0.5, 0.6) is 0 Å². The molecule has 2 aromatic rings. The fraction of sp³-hybridized carbons (Fsp3) is 0. The van der Waals surface area contributed by atoms with Crippen molar-refractivity contribution in [3.63, 3.8) is 0 Å². The highest BCUT2D eigenvalue weighted by Crippen LogP contribution is 2.07. The zero-order chi connectivity index (χ0) is 12.1. The Morgan fingerprint density at radius 3 is 2.71 bits per heavy atom. The van der Waals surface area contributed by atoms with Crippen molar-refractivity contribution in [3.8, 4) is 0 Å². The Hall–Kier alpha value is -2.01. The Morgan fingerprint density at radius 1 is 1.29 bits per heavy atom. The summed E-state index contributed by atoms with van der Waals surface area (Å²) >= 11 is 1.34. The lowest BCUT2D eigenvalue weighted by Crippen LogP contribution is -2.16. The van der Waals surface area contributed by atoms with Gasteiger partial charge in [-0.2, -0.15) is 5.10 Å². The Morgan fingerprint density at radius 2 is 2.06 bits per heavy atom. The number of halogens is 1. The van der Waals surface area contributed by atoms with Crippen molar-refractivity contribution in [1.29, 1.82) is 0 Å². The topological polar surface area (TPSA) is 41.5 Å². The molecular weight excluding hydrogens is 239 g/mol. The largest absolute Gasteiger partial charge is 0.281 e. The second-order valence-corrected chi connectivity index (χ2v) is 4.18.